The van der Waals surface area contributed by atoms with Crippen LogP contribution < -0.4 is 10.1 Å². The molecule has 0 spiro atoms. The zero-order valence-corrected chi connectivity index (χ0v) is 12.5. The molecule has 2 aromatic rings. The SMILES string of the molecule is COc1ccc(/C=C/C(=O)Nc2cc(C)cnc2Cl)cc1. The molecule has 0 radical (unpaired) electrons. The fourth-order valence-electron chi connectivity index (χ4n) is 1.70. The Kier molecular flexibility index (Phi) is 4.95. The topological polar surface area (TPSA) is 51.2 Å². The fraction of sp³-hybridized carbons (Fsp3) is 0.125. The van der Waals surface area contributed by atoms with Gasteiger partial charge in [0.15, 0.2) is 5.15 Å². The lowest BCUT2D eigenvalue weighted by molar-refractivity contribution is -0.111. The number of ether oxygens (including phenoxy) is 1. The van der Waals surface area contributed by atoms with Crippen LogP contribution in [-0.4, -0.2) is 18.0 Å². The van der Waals surface area contributed by atoms with Crippen molar-refractivity contribution < 1.29 is 9.53 Å². The van der Waals surface area contributed by atoms with Crippen LogP contribution in [0.2, 0.25) is 5.15 Å². The summed E-state index contributed by atoms with van der Waals surface area (Å²) in [6, 6.07) is 9.17. The molecule has 0 saturated heterocycles. The number of benzene rings is 1. The Morgan fingerprint density at radius 3 is 2.71 bits per heavy atom. The summed E-state index contributed by atoms with van der Waals surface area (Å²) in [4.78, 5) is 15.8. The van der Waals surface area contributed by atoms with E-state index in [1.54, 1.807) is 25.4 Å². The van der Waals surface area contributed by atoms with Gasteiger partial charge in [0.1, 0.15) is 5.75 Å². The molecule has 0 aliphatic rings. The molecule has 0 fully saturated rings. The van der Waals surface area contributed by atoms with Gasteiger partial charge in [-0.15, -0.1) is 0 Å². The van der Waals surface area contributed by atoms with Gasteiger partial charge in [-0.3, -0.25) is 4.79 Å². The summed E-state index contributed by atoms with van der Waals surface area (Å²) >= 11 is 5.93. The number of rotatable bonds is 4. The maximum absolute atomic E-state index is 11.9. The van der Waals surface area contributed by atoms with Crippen molar-refractivity contribution in [2.45, 2.75) is 6.92 Å². The summed E-state index contributed by atoms with van der Waals surface area (Å²) in [5.74, 6) is 0.509. The van der Waals surface area contributed by atoms with Gasteiger partial charge in [-0.1, -0.05) is 23.7 Å². The summed E-state index contributed by atoms with van der Waals surface area (Å²) in [5, 5.41) is 2.97. The number of anilines is 1. The normalized spacial score (nSPS) is 10.6. The lowest BCUT2D eigenvalue weighted by atomic mass is 10.2. The quantitative estimate of drug-likeness (QED) is 0.692. The van der Waals surface area contributed by atoms with Crippen molar-refractivity contribution in [2.75, 3.05) is 12.4 Å². The average molecular weight is 303 g/mol. The van der Waals surface area contributed by atoms with E-state index in [-0.39, 0.29) is 11.1 Å². The minimum atomic E-state index is -0.264. The Hall–Kier alpha value is -2.33. The molecule has 1 amide bonds. The van der Waals surface area contributed by atoms with E-state index in [2.05, 4.69) is 10.3 Å². The van der Waals surface area contributed by atoms with Crippen LogP contribution in [0.5, 0.6) is 5.75 Å². The minimum Gasteiger partial charge on any atom is -0.497 e. The van der Waals surface area contributed by atoms with Crippen LogP contribution in [0.3, 0.4) is 0 Å². The minimum absolute atomic E-state index is 0.264. The first kappa shape index (κ1) is 15.1. The van der Waals surface area contributed by atoms with Gasteiger partial charge in [0.05, 0.1) is 12.8 Å². The van der Waals surface area contributed by atoms with Crippen molar-refractivity contribution >= 4 is 29.3 Å². The highest BCUT2D eigenvalue weighted by atomic mass is 35.5. The van der Waals surface area contributed by atoms with E-state index in [1.165, 1.54) is 6.08 Å². The van der Waals surface area contributed by atoms with Gasteiger partial charge in [0.25, 0.3) is 0 Å². The monoisotopic (exact) mass is 302 g/mol. The van der Waals surface area contributed by atoms with Crippen molar-refractivity contribution in [2.24, 2.45) is 0 Å². The lowest BCUT2D eigenvalue weighted by Crippen LogP contribution is -2.08. The fourth-order valence-corrected chi connectivity index (χ4v) is 1.85. The number of carbonyl (C=O) groups is 1. The van der Waals surface area contributed by atoms with E-state index in [4.69, 9.17) is 16.3 Å². The summed E-state index contributed by atoms with van der Waals surface area (Å²) in [7, 11) is 1.61. The molecule has 0 aliphatic carbocycles. The van der Waals surface area contributed by atoms with Crippen LogP contribution in [0.25, 0.3) is 6.08 Å². The van der Waals surface area contributed by atoms with Crippen LogP contribution >= 0.6 is 11.6 Å². The van der Waals surface area contributed by atoms with Crippen molar-refractivity contribution in [3.63, 3.8) is 0 Å². The van der Waals surface area contributed by atoms with Gasteiger partial charge >= 0.3 is 0 Å². The van der Waals surface area contributed by atoms with Gasteiger partial charge in [-0.05, 0) is 42.3 Å². The van der Waals surface area contributed by atoms with Crippen LogP contribution in [0.1, 0.15) is 11.1 Å². The second-order valence-electron chi connectivity index (χ2n) is 4.45. The highest BCUT2D eigenvalue weighted by Gasteiger charge is 2.04. The van der Waals surface area contributed by atoms with E-state index in [0.717, 1.165) is 16.9 Å². The molecule has 4 nitrogen and oxygen atoms in total. The third kappa shape index (κ3) is 4.33. The van der Waals surface area contributed by atoms with Gasteiger partial charge < -0.3 is 10.1 Å². The molecule has 1 N–H and O–H groups in total. The van der Waals surface area contributed by atoms with Crippen LogP contribution in [0.4, 0.5) is 5.69 Å². The van der Waals surface area contributed by atoms with E-state index >= 15 is 0 Å². The number of hydrogen-bond acceptors (Lipinski definition) is 3. The molecule has 0 aliphatic heterocycles. The number of nitrogens with zero attached hydrogens (tertiary/aromatic N) is 1. The molecule has 5 heteroatoms. The zero-order valence-electron chi connectivity index (χ0n) is 11.8. The van der Waals surface area contributed by atoms with Crippen molar-refractivity contribution in [3.05, 3.63) is 58.9 Å². The number of aromatic nitrogens is 1. The Bertz CT molecular complexity index is 666. The number of amides is 1. The highest BCUT2D eigenvalue weighted by Crippen LogP contribution is 2.19. The molecular formula is C16H15ClN2O2. The van der Waals surface area contributed by atoms with Gasteiger partial charge in [-0.25, -0.2) is 4.98 Å². The van der Waals surface area contributed by atoms with Gasteiger partial charge in [0, 0.05) is 12.3 Å². The maximum atomic E-state index is 11.9. The standard InChI is InChI=1S/C16H15ClN2O2/c1-11-9-14(16(17)18-10-11)19-15(20)8-5-12-3-6-13(21-2)7-4-12/h3-10H,1-2H3,(H,19,20)/b8-5+. The lowest BCUT2D eigenvalue weighted by Gasteiger charge is -2.05. The Morgan fingerprint density at radius 1 is 1.33 bits per heavy atom. The first-order valence-electron chi connectivity index (χ1n) is 6.34. The molecule has 0 bridgehead atoms. The number of aryl methyl sites for hydroxylation is 1. The van der Waals surface area contributed by atoms with Crippen molar-refractivity contribution in [1.29, 1.82) is 0 Å². The van der Waals surface area contributed by atoms with E-state index in [0.29, 0.717) is 5.69 Å². The molecule has 0 saturated carbocycles. The Labute approximate surface area is 128 Å². The second kappa shape index (κ2) is 6.90. The van der Waals surface area contributed by atoms with Gasteiger partial charge in [-0.2, -0.15) is 0 Å². The first-order valence-corrected chi connectivity index (χ1v) is 6.71. The largest absolute Gasteiger partial charge is 0.497 e. The molecule has 21 heavy (non-hydrogen) atoms. The van der Waals surface area contributed by atoms with Crippen LogP contribution in [0, 0.1) is 6.92 Å². The highest BCUT2D eigenvalue weighted by molar-refractivity contribution is 6.32. The number of pyridine rings is 1. The molecule has 1 aromatic carbocycles. The van der Waals surface area contributed by atoms with Crippen LogP contribution in [0.15, 0.2) is 42.6 Å². The number of hydrogen-bond donors (Lipinski definition) is 1. The smallest absolute Gasteiger partial charge is 0.248 e. The van der Waals surface area contributed by atoms with E-state index < -0.39 is 0 Å². The zero-order chi connectivity index (χ0) is 15.2. The summed E-state index contributed by atoms with van der Waals surface area (Å²) < 4.78 is 5.07. The van der Waals surface area contributed by atoms with Crippen molar-refractivity contribution in [1.82, 2.24) is 4.98 Å². The molecule has 1 aromatic heterocycles. The number of methoxy groups -OCH3 is 1. The molecule has 0 unspecified atom stereocenters. The number of carbonyl (C=O) groups excluding carboxylic acids is 1. The third-order valence-electron chi connectivity index (χ3n) is 2.78. The second-order valence-corrected chi connectivity index (χ2v) is 4.80. The molecule has 2 rings (SSSR count). The summed E-state index contributed by atoms with van der Waals surface area (Å²) in [6.07, 6.45) is 4.80. The van der Waals surface area contributed by atoms with Gasteiger partial charge in [0.2, 0.25) is 5.91 Å². The molecule has 108 valence electrons. The predicted molar refractivity (Wildman–Crippen MR) is 84.6 cm³/mol. The predicted octanol–water partition coefficient (Wildman–Crippen LogP) is 3.70. The van der Waals surface area contributed by atoms with Crippen molar-refractivity contribution in [3.8, 4) is 5.75 Å². The maximum Gasteiger partial charge on any atom is 0.248 e. The van der Waals surface area contributed by atoms with Crippen LogP contribution in [-0.2, 0) is 4.79 Å². The Morgan fingerprint density at radius 2 is 2.05 bits per heavy atom. The summed E-state index contributed by atoms with van der Waals surface area (Å²) in [5.41, 5.74) is 2.33. The Balaban J connectivity index is 2.03. The summed E-state index contributed by atoms with van der Waals surface area (Å²) in [6.45, 7) is 1.88. The third-order valence-corrected chi connectivity index (χ3v) is 3.08. The average Bonchev–Trinajstić information content (AvgIpc) is 2.49. The molecule has 0 atom stereocenters. The van der Waals surface area contributed by atoms with E-state index in [9.17, 15) is 4.79 Å². The molecule has 1 heterocycles. The van der Waals surface area contributed by atoms with E-state index in [1.807, 2.05) is 31.2 Å². The number of nitrogens with one attached hydrogen (secondary N) is 1. The number of halogens is 1. The first-order chi connectivity index (χ1) is 10.1. The molecular weight excluding hydrogens is 288 g/mol.